The molecule has 168 valence electrons. The van der Waals surface area contributed by atoms with E-state index in [4.69, 9.17) is 0 Å². The molecule has 1 aliphatic rings. The van der Waals surface area contributed by atoms with Gasteiger partial charge in [-0.15, -0.1) is 10.2 Å². The fourth-order valence-electron chi connectivity index (χ4n) is 4.29. The molecule has 32 heavy (non-hydrogen) atoms. The van der Waals surface area contributed by atoms with Crippen molar-refractivity contribution >= 4 is 17.7 Å². The fraction of sp³-hybridized carbons (Fsp3) is 0.400. The van der Waals surface area contributed by atoms with Gasteiger partial charge >= 0.3 is 0 Å². The summed E-state index contributed by atoms with van der Waals surface area (Å²) >= 11 is 1.39. The Bertz CT molecular complexity index is 1040. The summed E-state index contributed by atoms with van der Waals surface area (Å²) in [4.78, 5) is 15.0. The molecule has 0 radical (unpaired) electrons. The number of nitrogens with zero attached hydrogens (tertiary/aromatic N) is 4. The maximum atomic E-state index is 14.5. The Labute approximate surface area is 193 Å². The number of carbonyl (C=O) groups is 1. The van der Waals surface area contributed by atoms with E-state index >= 15 is 0 Å². The SMILES string of the molecule is CC[C@H]1CCCCN1C(=O)CSc1nnc(-c2ccccc2F)n1CCc1ccccc1. The maximum absolute atomic E-state index is 14.5. The third kappa shape index (κ3) is 5.21. The first kappa shape index (κ1) is 22.5. The number of thioether (sulfide) groups is 1. The summed E-state index contributed by atoms with van der Waals surface area (Å²) in [5.41, 5.74) is 1.61. The summed E-state index contributed by atoms with van der Waals surface area (Å²) in [5, 5.41) is 9.30. The topological polar surface area (TPSA) is 51.0 Å². The van der Waals surface area contributed by atoms with Crippen LogP contribution in [-0.2, 0) is 17.8 Å². The van der Waals surface area contributed by atoms with Crippen LogP contribution in [0.5, 0.6) is 0 Å². The Kier molecular flexibility index (Phi) is 7.58. The highest BCUT2D eigenvalue weighted by molar-refractivity contribution is 7.99. The monoisotopic (exact) mass is 452 g/mol. The molecule has 7 heteroatoms. The van der Waals surface area contributed by atoms with Crippen molar-refractivity contribution in [2.75, 3.05) is 12.3 Å². The molecule has 0 saturated carbocycles. The average molecular weight is 453 g/mol. The first-order valence-corrected chi connectivity index (χ1v) is 12.3. The maximum Gasteiger partial charge on any atom is 0.233 e. The summed E-state index contributed by atoms with van der Waals surface area (Å²) in [7, 11) is 0. The Hall–Kier alpha value is -2.67. The minimum atomic E-state index is -0.326. The van der Waals surface area contributed by atoms with Gasteiger partial charge < -0.3 is 9.47 Å². The third-order valence-corrected chi connectivity index (χ3v) is 6.99. The number of hydrogen-bond donors (Lipinski definition) is 0. The van der Waals surface area contributed by atoms with Gasteiger partial charge in [0.1, 0.15) is 5.82 Å². The smallest absolute Gasteiger partial charge is 0.233 e. The fourth-order valence-corrected chi connectivity index (χ4v) is 5.14. The largest absolute Gasteiger partial charge is 0.339 e. The molecule has 1 atom stereocenters. The van der Waals surface area contributed by atoms with Gasteiger partial charge in [-0.05, 0) is 49.8 Å². The lowest BCUT2D eigenvalue weighted by Gasteiger charge is -2.35. The molecule has 3 aromatic rings. The molecule has 1 amide bonds. The highest BCUT2D eigenvalue weighted by Gasteiger charge is 2.26. The van der Waals surface area contributed by atoms with E-state index in [2.05, 4.69) is 29.3 Å². The standard InChI is InChI=1S/C25H29FN4OS/c1-2-20-12-8-9-16-29(20)23(31)18-32-25-28-27-24(21-13-6-7-14-22(21)26)30(25)17-15-19-10-4-3-5-11-19/h3-7,10-11,13-14,20H,2,8-9,12,15-18H2,1H3/t20-/m0/s1. The van der Waals surface area contributed by atoms with Gasteiger partial charge in [0, 0.05) is 19.1 Å². The molecular formula is C25H29FN4OS. The second-order valence-corrected chi connectivity index (χ2v) is 9.05. The van der Waals surface area contributed by atoms with Crippen LogP contribution in [0.25, 0.3) is 11.4 Å². The summed E-state index contributed by atoms with van der Waals surface area (Å²) in [5.74, 6) is 0.634. The lowest BCUT2D eigenvalue weighted by molar-refractivity contribution is -0.132. The van der Waals surface area contributed by atoms with Crippen molar-refractivity contribution in [3.8, 4) is 11.4 Å². The zero-order valence-corrected chi connectivity index (χ0v) is 19.2. The van der Waals surface area contributed by atoms with Crippen molar-refractivity contribution in [3.63, 3.8) is 0 Å². The van der Waals surface area contributed by atoms with Crippen LogP contribution in [0.15, 0.2) is 59.8 Å². The van der Waals surface area contributed by atoms with Crippen LogP contribution >= 0.6 is 11.8 Å². The quantitative estimate of drug-likeness (QED) is 0.440. The first-order valence-electron chi connectivity index (χ1n) is 11.3. The first-order chi connectivity index (χ1) is 15.7. The minimum Gasteiger partial charge on any atom is -0.339 e. The normalized spacial score (nSPS) is 16.3. The molecule has 0 unspecified atom stereocenters. The molecule has 4 rings (SSSR count). The summed E-state index contributed by atoms with van der Waals surface area (Å²) in [6.45, 7) is 3.59. The van der Waals surface area contributed by atoms with Crippen LogP contribution in [0, 0.1) is 5.82 Å². The molecule has 1 fully saturated rings. The Morgan fingerprint density at radius 1 is 1.09 bits per heavy atom. The highest BCUT2D eigenvalue weighted by Crippen LogP contribution is 2.27. The molecule has 0 aliphatic carbocycles. The van der Waals surface area contributed by atoms with E-state index in [0.717, 1.165) is 32.2 Å². The number of aromatic nitrogens is 3. The van der Waals surface area contributed by atoms with Crippen molar-refractivity contribution in [1.29, 1.82) is 0 Å². The molecule has 1 aromatic heterocycles. The van der Waals surface area contributed by atoms with Gasteiger partial charge in [-0.3, -0.25) is 4.79 Å². The number of halogens is 1. The zero-order chi connectivity index (χ0) is 22.3. The molecule has 0 N–H and O–H groups in total. The number of rotatable bonds is 8. The predicted molar refractivity (Wildman–Crippen MR) is 126 cm³/mol. The van der Waals surface area contributed by atoms with Gasteiger partial charge in [0.25, 0.3) is 0 Å². The number of benzene rings is 2. The van der Waals surface area contributed by atoms with Crippen LogP contribution in [0.4, 0.5) is 4.39 Å². The van der Waals surface area contributed by atoms with Crippen molar-refractivity contribution in [1.82, 2.24) is 19.7 Å². The van der Waals surface area contributed by atoms with Crippen molar-refractivity contribution in [3.05, 3.63) is 66.0 Å². The van der Waals surface area contributed by atoms with Crippen molar-refractivity contribution < 1.29 is 9.18 Å². The Balaban J connectivity index is 1.54. The number of piperidine rings is 1. The molecular weight excluding hydrogens is 423 g/mol. The highest BCUT2D eigenvalue weighted by atomic mass is 32.2. The van der Waals surface area contributed by atoms with Crippen LogP contribution < -0.4 is 0 Å². The number of aryl methyl sites for hydroxylation is 1. The molecule has 1 saturated heterocycles. The van der Waals surface area contributed by atoms with Crippen LogP contribution in [-0.4, -0.2) is 43.9 Å². The number of amides is 1. The number of likely N-dealkylation sites (tertiary alicyclic amines) is 1. The lowest BCUT2D eigenvalue weighted by Crippen LogP contribution is -2.44. The van der Waals surface area contributed by atoms with Crippen LogP contribution in [0.3, 0.4) is 0 Å². The predicted octanol–water partition coefficient (Wildman–Crippen LogP) is 5.21. The summed E-state index contributed by atoms with van der Waals surface area (Å²) in [6.07, 6.45) is 5.09. The Morgan fingerprint density at radius 2 is 1.88 bits per heavy atom. The third-order valence-electron chi connectivity index (χ3n) is 6.04. The minimum absolute atomic E-state index is 0.145. The second kappa shape index (κ2) is 10.8. The van der Waals surface area contributed by atoms with Crippen molar-refractivity contribution in [2.45, 2.75) is 56.8 Å². The summed E-state index contributed by atoms with van der Waals surface area (Å²) < 4.78 is 16.5. The van der Waals surface area contributed by atoms with Gasteiger partial charge in [-0.25, -0.2) is 4.39 Å². The Morgan fingerprint density at radius 3 is 2.66 bits per heavy atom. The summed E-state index contributed by atoms with van der Waals surface area (Å²) in [6, 6.07) is 17.1. The van der Waals surface area contributed by atoms with Crippen LogP contribution in [0.2, 0.25) is 0 Å². The molecule has 2 heterocycles. The van der Waals surface area contributed by atoms with Gasteiger partial charge in [0.05, 0.1) is 11.3 Å². The average Bonchev–Trinajstić information content (AvgIpc) is 3.24. The van der Waals surface area contributed by atoms with E-state index in [1.54, 1.807) is 18.2 Å². The van der Waals surface area contributed by atoms with E-state index in [9.17, 15) is 9.18 Å². The van der Waals surface area contributed by atoms with Gasteiger partial charge in [0.2, 0.25) is 5.91 Å². The molecule has 1 aliphatic heterocycles. The molecule has 0 spiro atoms. The number of hydrogen-bond acceptors (Lipinski definition) is 4. The van der Waals surface area contributed by atoms with Gasteiger partial charge in [0.15, 0.2) is 11.0 Å². The van der Waals surface area contributed by atoms with Crippen molar-refractivity contribution in [2.24, 2.45) is 0 Å². The van der Waals surface area contributed by atoms with E-state index < -0.39 is 0 Å². The van der Waals surface area contributed by atoms with Crippen LogP contribution in [0.1, 0.15) is 38.2 Å². The molecule has 5 nitrogen and oxygen atoms in total. The van der Waals surface area contributed by atoms with E-state index in [0.29, 0.717) is 34.9 Å². The molecule has 2 aromatic carbocycles. The second-order valence-electron chi connectivity index (χ2n) is 8.11. The zero-order valence-electron chi connectivity index (χ0n) is 18.4. The van der Waals surface area contributed by atoms with E-state index in [-0.39, 0.29) is 11.7 Å². The number of carbonyl (C=O) groups excluding carboxylic acids is 1. The van der Waals surface area contributed by atoms with E-state index in [1.165, 1.54) is 29.8 Å². The molecule has 0 bridgehead atoms. The van der Waals surface area contributed by atoms with Gasteiger partial charge in [-0.1, -0.05) is 61.2 Å². The van der Waals surface area contributed by atoms with E-state index in [1.807, 2.05) is 27.7 Å². The lowest BCUT2D eigenvalue weighted by atomic mass is 10.0. The van der Waals surface area contributed by atoms with Gasteiger partial charge in [-0.2, -0.15) is 0 Å².